The Bertz CT molecular complexity index is 659. The molecule has 4 heteroatoms. The second-order valence-electron chi connectivity index (χ2n) is 4.21. The second-order valence-corrected chi connectivity index (χ2v) is 4.21. The number of nitrogens with zero attached hydrogens (tertiary/aromatic N) is 1. The largest absolute Gasteiger partial charge is 0.486 e. The standard InChI is InChI=1S/C16H15FN2O/c1-12-4-2-6-15(19-12)11-20-16-8-7-14(17)10-13(16)5-3-9-18/h2,4,6-8,10H,9,11,18H2,1H3. The number of aromatic nitrogens is 1. The summed E-state index contributed by atoms with van der Waals surface area (Å²) in [4.78, 5) is 4.34. The summed E-state index contributed by atoms with van der Waals surface area (Å²) >= 11 is 0. The van der Waals surface area contributed by atoms with Gasteiger partial charge in [-0.2, -0.15) is 0 Å². The lowest BCUT2D eigenvalue weighted by atomic mass is 10.2. The third-order valence-corrected chi connectivity index (χ3v) is 2.59. The van der Waals surface area contributed by atoms with Crippen LogP contribution in [0.5, 0.6) is 5.75 Å². The molecule has 1 aromatic carbocycles. The predicted molar refractivity (Wildman–Crippen MR) is 75.6 cm³/mol. The zero-order valence-electron chi connectivity index (χ0n) is 11.2. The van der Waals surface area contributed by atoms with Crippen molar-refractivity contribution in [2.24, 2.45) is 5.73 Å². The highest BCUT2D eigenvalue weighted by atomic mass is 19.1. The van der Waals surface area contributed by atoms with Gasteiger partial charge in [0, 0.05) is 5.69 Å². The van der Waals surface area contributed by atoms with E-state index in [0.29, 0.717) is 17.9 Å². The highest BCUT2D eigenvalue weighted by Gasteiger charge is 2.04. The number of hydrogen-bond acceptors (Lipinski definition) is 3. The van der Waals surface area contributed by atoms with Gasteiger partial charge in [0.15, 0.2) is 0 Å². The zero-order valence-corrected chi connectivity index (χ0v) is 11.2. The van der Waals surface area contributed by atoms with Gasteiger partial charge in [-0.25, -0.2) is 4.39 Å². The van der Waals surface area contributed by atoms with Gasteiger partial charge in [0.2, 0.25) is 0 Å². The van der Waals surface area contributed by atoms with E-state index in [-0.39, 0.29) is 12.4 Å². The van der Waals surface area contributed by atoms with E-state index in [1.165, 1.54) is 12.1 Å². The predicted octanol–water partition coefficient (Wildman–Crippen LogP) is 2.42. The van der Waals surface area contributed by atoms with Crippen molar-refractivity contribution < 1.29 is 9.13 Å². The Labute approximate surface area is 117 Å². The van der Waals surface area contributed by atoms with Gasteiger partial charge in [-0.1, -0.05) is 17.9 Å². The first-order valence-corrected chi connectivity index (χ1v) is 6.23. The molecule has 0 fully saturated rings. The Morgan fingerprint density at radius 1 is 1.30 bits per heavy atom. The molecule has 0 aliphatic rings. The van der Waals surface area contributed by atoms with Crippen LogP contribution in [0, 0.1) is 24.6 Å². The molecule has 0 aliphatic carbocycles. The maximum absolute atomic E-state index is 13.2. The number of ether oxygens (including phenoxy) is 1. The summed E-state index contributed by atoms with van der Waals surface area (Å²) in [6.45, 7) is 2.44. The molecule has 1 heterocycles. The molecule has 0 saturated heterocycles. The smallest absolute Gasteiger partial charge is 0.135 e. The van der Waals surface area contributed by atoms with E-state index in [4.69, 9.17) is 10.5 Å². The topological polar surface area (TPSA) is 48.1 Å². The van der Waals surface area contributed by atoms with Crippen LogP contribution in [-0.4, -0.2) is 11.5 Å². The number of pyridine rings is 1. The van der Waals surface area contributed by atoms with E-state index in [2.05, 4.69) is 16.8 Å². The van der Waals surface area contributed by atoms with Crippen molar-refractivity contribution in [3.05, 3.63) is 59.2 Å². The number of aryl methyl sites for hydroxylation is 1. The summed E-state index contributed by atoms with van der Waals surface area (Å²) in [6.07, 6.45) is 0. The summed E-state index contributed by atoms with van der Waals surface area (Å²) in [5, 5.41) is 0. The van der Waals surface area contributed by atoms with Crippen LogP contribution in [0.3, 0.4) is 0 Å². The van der Waals surface area contributed by atoms with Crippen LogP contribution in [-0.2, 0) is 6.61 Å². The van der Waals surface area contributed by atoms with Crippen LogP contribution in [0.1, 0.15) is 17.0 Å². The van der Waals surface area contributed by atoms with Crippen LogP contribution in [0.25, 0.3) is 0 Å². The number of halogens is 1. The van der Waals surface area contributed by atoms with Gasteiger partial charge in [0.1, 0.15) is 18.2 Å². The van der Waals surface area contributed by atoms with Gasteiger partial charge in [-0.15, -0.1) is 0 Å². The molecule has 0 radical (unpaired) electrons. The summed E-state index contributed by atoms with van der Waals surface area (Å²) in [6, 6.07) is 9.95. The Balaban J connectivity index is 2.16. The van der Waals surface area contributed by atoms with Gasteiger partial charge in [0.25, 0.3) is 0 Å². The lowest BCUT2D eigenvalue weighted by Crippen LogP contribution is -2.01. The Hall–Kier alpha value is -2.38. The molecule has 2 N–H and O–H groups in total. The monoisotopic (exact) mass is 270 g/mol. The summed E-state index contributed by atoms with van der Waals surface area (Å²) < 4.78 is 18.9. The minimum Gasteiger partial charge on any atom is -0.486 e. The molecule has 0 unspecified atom stereocenters. The molecule has 2 aromatic rings. The number of benzene rings is 1. The van der Waals surface area contributed by atoms with Crippen molar-refractivity contribution >= 4 is 0 Å². The summed E-state index contributed by atoms with van der Waals surface area (Å²) in [5.41, 5.74) is 7.55. The lowest BCUT2D eigenvalue weighted by molar-refractivity contribution is 0.300. The van der Waals surface area contributed by atoms with Crippen LogP contribution in [0.15, 0.2) is 36.4 Å². The van der Waals surface area contributed by atoms with E-state index < -0.39 is 0 Å². The van der Waals surface area contributed by atoms with Crippen LogP contribution >= 0.6 is 0 Å². The fourth-order valence-electron chi connectivity index (χ4n) is 1.70. The molecule has 2 rings (SSSR count). The van der Waals surface area contributed by atoms with E-state index in [9.17, 15) is 4.39 Å². The van der Waals surface area contributed by atoms with Crippen LogP contribution in [0.2, 0.25) is 0 Å². The third-order valence-electron chi connectivity index (χ3n) is 2.59. The number of rotatable bonds is 3. The Morgan fingerprint density at radius 2 is 2.15 bits per heavy atom. The van der Waals surface area contributed by atoms with Crippen molar-refractivity contribution in [1.29, 1.82) is 0 Å². The Kier molecular flexibility index (Phi) is 4.70. The maximum Gasteiger partial charge on any atom is 0.135 e. The molecular formula is C16H15FN2O. The van der Waals surface area contributed by atoms with Crippen LogP contribution in [0.4, 0.5) is 4.39 Å². The molecule has 0 amide bonds. The molecule has 102 valence electrons. The van der Waals surface area contributed by atoms with Crippen molar-refractivity contribution in [3.8, 4) is 17.6 Å². The quantitative estimate of drug-likeness (QED) is 0.871. The van der Waals surface area contributed by atoms with Gasteiger partial charge >= 0.3 is 0 Å². The normalized spacial score (nSPS) is 9.75. The van der Waals surface area contributed by atoms with Gasteiger partial charge in [0.05, 0.1) is 17.8 Å². The lowest BCUT2D eigenvalue weighted by Gasteiger charge is -2.08. The minimum atomic E-state index is -0.354. The first-order valence-electron chi connectivity index (χ1n) is 6.23. The van der Waals surface area contributed by atoms with Gasteiger partial charge in [-0.3, -0.25) is 4.98 Å². The fourth-order valence-corrected chi connectivity index (χ4v) is 1.70. The average molecular weight is 270 g/mol. The Morgan fingerprint density at radius 3 is 2.90 bits per heavy atom. The van der Waals surface area contributed by atoms with Crippen molar-refractivity contribution in [2.45, 2.75) is 13.5 Å². The first-order chi connectivity index (χ1) is 9.69. The molecule has 0 spiro atoms. The zero-order chi connectivity index (χ0) is 14.4. The van der Waals surface area contributed by atoms with E-state index in [1.54, 1.807) is 6.07 Å². The van der Waals surface area contributed by atoms with Crippen molar-refractivity contribution in [3.63, 3.8) is 0 Å². The molecule has 1 aromatic heterocycles. The van der Waals surface area contributed by atoms with E-state index in [0.717, 1.165) is 11.4 Å². The van der Waals surface area contributed by atoms with E-state index >= 15 is 0 Å². The summed E-state index contributed by atoms with van der Waals surface area (Å²) in [7, 11) is 0. The molecule has 0 atom stereocenters. The van der Waals surface area contributed by atoms with Gasteiger partial charge in [-0.05, 0) is 37.3 Å². The van der Waals surface area contributed by atoms with E-state index in [1.807, 2.05) is 25.1 Å². The van der Waals surface area contributed by atoms with Gasteiger partial charge < -0.3 is 10.5 Å². The third kappa shape index (κ3) is 3.81. The molecular weight excluding hydrogens is 255 g/mol. The SMILES string of the molecule is Cc1cccc(COc2ccc(F)cc2C#CCN)n1. The maximum atomic E-state index is 13.2. The molecule has 0 bridgehead atoms. The highest BCUT2D eigenvalue weighted by molar-refractivity contribution is 5.46. The second kappa shape index (κ2) is 6.69. The average Bonchev–Trinajstić information content (AvgIpc) is 2.44. The van der Waals surface area contributed by atoms with Crippen LogP contribution < -0.4 is 10.5 Å². The van der Waals surface area contributed by atoms with Crippen molar-refractivity contribution in [1.82, 2.24) is 4.98 Å². The first kappa shape index (κ1) is 14.0. The molecule has 0 saturated carbocycles. The summed E-state index contributed by atoms with van der Waals surface area (Å²) in [5.74, 6) is 5.67. The minimum absolute atomic E-state index is 0.218. The number of hydrogen-bond donors (Lipinski definition) is 1. The number of nitrogens with two attached hydrogens (primary N) is 1. The van der Waals surface area contributed by atoms with Crippen molar-refractivity contribution in [2.75, 3.05) is 6.54 Å². The fraction of sp³-hybridized carbons (Fsp3) is 0.188. The molecule has 0 aliphatic heterocycles. The molecule has 3 nitrogen and oxygen atoms in total. The molecule has 20 heavy (non-hydrogen) atoms. The highest BCUT2D eigenvalue weighted by Crippen LogP contribution is 2.19.